The maximum atomic E-state index is 12.4. The number of carbonyl (C=O) groups is 1. The molecule has 2 N–H and O–H groups in total. The molecule has 1 fully saturated rings. The van der Waals surface area contributed by atoms with Gasteiger partial charge in [-0.25, -0.2) is 0 Å². The van der Waals surface area contributed by atoms with E-state index in [1.807, 2.05) is 25.1 Å². The maximum Gasteiger partial charge on any atom is 0.257 e. The molecule has 1 saturated heterocycles. The van der Waals surface area contributed by atoms with Gasteiger partial charge in [0.1, 0.15) is 5.75 Å². The van der Waals surface area contributed by atoms with Gasteiger partial charge in [0.25, 0.3) is 5.91 Å². The number of likely N-dealkylation sites (N-methyl/N-ethyl adjacent to an activating group) is 1. The van der Waals surface area contributed by atoms with Crippen molar-refractivity contribution < 1.29 is 9.53 Å². The number of carbonyl (C=O) groups excluding carboxylic acids is 1. The summed E-state index contributed by atoms with van der Waals surface area (Å²) in [5.41, 5.74) is 2.26. The summed E-state index contributed by atoms with van der Waals surface area (Å²) in [5, 5.41) is 6.61. The monoisotopic (exact) mass is 460 g/mol. The van der Waals surface area contributed by atoms with Crippen LogP contribution in [0, 0.1) is 0 Å². The Hall–Kier alpha value is -2.35. The second-order valence-corrected chi connectivity index (χ2v) is 8.18. The van der Waals surface area contributed by atoms with Crippen molar-refractivity contribution in [1.29, 1.82) is 0 Å². The molecule has 0 radical (unpaired) electrons. The third-order valence-electron chi connectivity index (χ3n) is 5.18. The predicted octanol–water partition coefficient (Wildman–Crippen LogP) is 4.40. The molecular weight excluding hydrogens is 432 g/mol. The van der Waals surface area contributed by atoms with Crippen molar-refractivity contribution in [2.45, 2.75) is 20.3 Å². The van der Waals surface area contributed by atoms with Crippen molar-refractivity contribution in [2.24, 2.45) is 0 Å². The van der Waals surface area contributed by atoms with Crippen LogP contribution in [0.3, 0.4) is 0 Å². The zero-order valence-corrected chi connectivity index (χ0v) is 19.6. The van der Waals surface area contributed by atoms with Crippen LogP contribution in [0.25, 0.3) is 0 Å². The van der Waals surface area contributed by atoms with Gasteiger partial charge in [-0.1, -0.05) is 25.4 Å². The van der Waals surface area contributed by atoms with Crippen molar-refractivity contribution in [3.05, 3.63) is 53.1 Å². The maximum absolute atomic E-state index is 12.4. The quantitative estimate of drug-likeness (QED) is 0.597. The molecule has 8 heteroatoms. The Bertz CT molecular complexity index is 899. The van der Waals surface area contributed by atoms with Gasteiger partial charge in [0.2, 0.25) is 0 Å². The van der Waals surface area contributed by atoms with Crippen molar-refractivity contribution in [1.82, 2.24) is 10.2 Å². The van der Waals surface area contributed by atoms with Gasteiger partial charge in [-0.3, -0.25) is 10.1 Å². The Labute approximate surface area is 194 Å². The van der Waals surface area contributed by atoms with Gasteiger partial charge in [-0.15, -0.1) is 0 Å². The summed E-state index contributed by atoms with van der Waals surface area (Å²) in [7, 11) is 0. The van der Waals surface area contributed by atoms with Crippen LogP contribution >= 0.6 is 23.8 Å². The molecular formula is C23H29ClN4O2S. The number of ether oxygens (including phenoxy) is 1. The number of hydrogen-bond acceptors (Lipinski definition) is 5. The number of thiocarbonyl (C=S) groups is 1. The number of amides is 1. The summed E-state index contributed by atoms with van der Waals surface area (Å²) in [4.78, 5) is 17.2. The van der Waals surface area contributed by atoms with Crippen molar-refractivity contribution in [3.63, 3.8) is 0 Å². The molecule has 0 aromatic heterocycles. The molecule has 3 rings (SSSR count). The largest absolute Gasteiger partial charge is 0.494 e. The zero-order valence-electron chi connectivity index (χ0n) is 18.0. The zero-order chi connectivity index (χ0) is 22.2. The summed E-state index contributed by atoms with van der Waals surface area (Å²) in [5.74, 6) is 0.459. The number of hydrogen-bond donors (Lipinski definition) is 2. The molecule has 0 saturated carbocycles. The van der Waals surface area contributed by atoms with E-state index in [9.17, 15) is 4.79 Å². The predicted molar refractivity (Wildman–Crippen MR) is 132 cm³/mol. The van der Waals surface area contributed by atoms with Crippen LogP contribution in [0.15, 0.2) is 42.5 Å². The van der Waals surface area contributed by atoms with Gasteiger partial charge < -0.3 is 19.9 Å². The minimum atomic E-state index is -0.281. The second kappa shape index (κ2) is 11.3. The number of benzene rings is 2. The van der Waals surface area contributed by atoms with E-state index in [4.69, 9.17) is 28.6 Å². The molecule has 2 aromatic carbocycles. The topological polar surface area (TPSA) is 56.8 Å². The SMILES string of the molecule is CCCOc1ccc(C(=O)NC(=S)Nc2ccc(N3CCN(CC)CC3)c(Cl)c2)cc1. The summed E-state index contributed by atoms with van der Waals surface area (Å²) >= 11 is 11.8. The number of piperazine rings is 1. The van der Waals surface area contributed by atoms with E-state index in [1.165, 1.54) is 0 Å². The third-order valence-corrected chi connectivity index (χ3v) is 5.69. The lowest BCUT2D eigenvalue weighted by Gasteiger charge is -2.36. The van der Waals surface area contributed by atoms with E-state index in [-0.39, 0.29) is 11.0 Å². The molecule has 1 aliphatic rings. The molecule has 0 unspecified atom stereocenters. The highest BCUT2D eigenvalue weighted by atomic mass is 35.5. The Balaban J connectivity index is 1.54. The highest BCUT2D eigenvalue weighted by Gasteiger charge is 2.18. The molecule has 6 nitrogen and oxygen atoms in total. The van der Waals surface area contributed by atoms with Crippen LogP contribution in [-0.4, -0.2) is 55.3 Å². The van der Waals surface area contributed by atoms with E-state index >= 15 is 0 Å². The molecule has 0 atom stereocenters. The average molecular weight is 461 g/mol. The van der Waals surface area contributed by atoms with E-state index < -0.39 is 0 Å². The van der Waals surface area contributed by atoms with Gasteiger partial charge in [-0.2, -0.15) is 0 Å². The minimum Gasteiger partial charge on any atom is -0.494 e. The van der Waals surface area contributed by atoms with Crippen molar-refractivity contribution in [2.75, 3.05) is 49.5 Å². The number of rotatable bonds is 7. The van der Waals surface area contributed by atoms with E-state index in [1.54, 1.807) is 24.3 Å². The van der Waals surface area contributed by atoms with Crippen LogP contribution in [-0.2, 0) is 0 Å². The Kier molecular flexibility index (Phi) is 8.51. The van der Waals surface area contributed by atoms with Crippen LogP contribution in [0.4, 0.5) is 11.4 Å². The molecule has 1 heterocycles. The molecule has 1 aliphatic heterocycles. The molecule has 1 amide bonds. The standard InChI is InChI=1S/C23H29ClN4O2S/c1-3-15-30-19-8-5-17(6-9-19)22(29)26-23(31)25-18-7-10-21(20(24)16-18)28-13-11-27(4-2)12-14-28/h5-10,16H,3-4,11-15H2,1-2H3,(H2,25,26,29,31). The Morgan fingerprint density at radius 2 is 1.81 bits per heavy atom. The number of nitrogens with zero attached hydrogens (tertiary/aromatic N) is 2. The lowest BCUT2D eigenvalue weighted by atomic mass is 10.2. The highest BCUT2D eigenvalue weighted by Crippen LogP contribution is 2.29. The summed E-state index contributed by atoms with van der Waals surface area (Å²) < 4.78 is 5.54. The first kappa shape index (κ1) is 23.3. The van der Waals surface area contributed by atoms with Crippen LogP contribution in [0.2, 0.25) is 5.02 Å². The highest BCUT2D eigenvalue weighted by molar-refractivity contribution is 7.80. The lowest BCUT2D eigenvalue weighted by Crippen LogP contribution is -2.46. The van der Waals surface area contributed by atoms with Crippen LogP contribution < -0.4 is 20.3 Å². The van der Waals surface area contributed by atoms with Gasteiger partial charge in [-0.05, 0) is 67.6 Å². The molecule has 0 aliphatic carbocycles. The van der Waals surface area contributed by atoms with Gasteiger partial charge in [0, 0.05) is 37.4 Å². The first-order valence-corrected chi connectivity index (χ1v) is 11.4. The first-order valence-electron chi connectivity index (χ1n) is 10.6. The smallest absolute Gasteiger partial charge is 0.257 e. The fraction of sp³-hybridized carbons (Fsp3) is 0.391. The fourth-order valence-corrected chi connectivity index (χ4v) is 3.92. The van der Waals surface area contributed by atoms with Gasteiger partial charge in [0.15, 0.2) is 5.11 Å². The molecule has 0 bridgehead atoms. The molecule has 2 aromatic rings. The van der Waals surface area contributed by atoms with E-state index in [2.05, 4.69) is 27.4 Å². The average Bonchev–Trinajstić information content (AvgIpc) is 2.78. The van der Waals surface area contributed by atoms with E-state index in [0.29, 0.717) is 17.2 Å². The summed E-state index contributed by atoms with van der Waals surface area (Å²) in [6.45, 7) is 9.93. The third kappa shape index (κ3) is 6.56. The lowest BCUT2D eigenvalue weighted by molar-refractivity contribution is 0.0977. The van der Waals surface area contributed by atoms with Gasteiger partial charge >= 0.3 is 0 Å². The molecule has 166 valence electrons. The minimum absolute atomic E-state index is 0.219. The van der Waals surface area contributed by atoms with Crippen LogP contribution in [0.5, 0.6) is 5.75 Å². The normalized spacial score (nSPS) is 14.2. The van der Waals surface area contributed by atoms with Crippen LogP contribution in [0.1, 0.15) is 30.6 Å². The molecule has 31 heavy (non-hydrogen) atoms. The Morgan fingerprint density at radius 3 is 2.42 bits per heavy atom. The number of nitrogens with one attached hydrogen (secondary N) is 2. The van der Waals surface area contributed by atoms with Crippen molar-refractivity contribution >= 4 is 46.2 Å². The van der Waals surface area contributed by atoms with E-state index in [0.717, 1.165) is 56.3 Å². The van der Waals surface area contributed by atoms with Crippen molar-refractivity contribution in [3.8, 4) is 5.75 Å². The summed E-state index contributed by atoms with van der Waals surface area (Å²) in [6.07, 6.45) is 0.933. The second-order valence-electron chi connectivity index (χ2n) is 7.37. The number of halogens is 1. The fourth-order valence-electron chi connectivity index (χ4n) is 3.41. The summed E-state index contributed by atoms with van der Waals surface area (Å²) in [6, 6.07) is 12.7. The molecule has 0 spiro atoms. The number of anilines is 2. The Morgan fingerprint density at radius 1 is 1.10 bits per heavy atom. The van der Waals surface area contributed by atoms with Gasteiger partial charge in [0.05, 0.1) is 17.3 Å². The first-order chi connectivity index (χ1) is 15.0.